The highest BCUT2D eigenvalue weighted by molar-refractivity contribution is 5.44. The zero-order valence-electron chi connectivity index (χ0n) is 13.2. The molecule has 1 N–H and O–H groups in total. The first-order valence-electron chi connectivity index (χ1n) is 7.49. The zero-order chi connectivity index (χ0) is 15.0. The summed E-state index contributed by atoms with van der Waals surface area (Å²) < 4.78 is 0. The van der Waals surface area contributed by atoms with Crippen molar-refractivity contribution in [3.8, 4) is 12.3 Å². The summed E-state index contributed by atoms with van der Waals surface area (Å²) in [5.74, 6) is 4.36. The Hall–Kier alpha value is -1.53. The van der Waals surface area contributed by atoms with Gasteiger partial charge in [0.05, 0.1) is 6.54 Å². The van der Waals surface area contributed by atoms with Crippen LogP contribution < -0.4 is 10.2 Å². The van der Waals surface area contributed by atoms with Crippen LogP contribution in [-0.4, -0.2) is 24.6 Å². The van der Waals surface area contributed by atoms with Crippen LogP contribution in [0.2, 0.25) is 0 Å². The van der Waals surface area contributed by atoms with Gasteiger partial charge in [-0.2, -0.15) is 0 Å². The smallest absolute Gasteiger partial charge is 0.129 e. The van der Waals surface area contributed by atoms with Gasteiger partial charge < -0.3 is 10.2 Å². The molecule has 0 aliphatic carbocycles. The molecule has 0 radical (unpaired) electrons. The van der Waals surface area contributed by atoms with E-state index in [0.717, 1.165) is 37.6 Å². The van der Waals surface area contributed by atoms with Gasteiger partial charge in [-0.25, -0.2) is 4.98 Å². The molecule has 0 aliphatic rings. The van der Waals surface area contributed by atoms with Crippen LogP contribution in [0, 0.1) is 18.3 Å². The maximum Gasteiger partial charge on any atom is 0.129 e. The van der Waals surface area contributed by atoms with E-state index >= 15 is 0 Å². The minimum absolute atomic E-state index is 0.607. The first-order valence-corrected chi connectivity index (χ1v) is 7.49. The lowest BCUT2D eigenvalue weighted by molar-refractivity contribution is 0.552. The minimum Gasteiger partial charge on any atom is -0.346 e. The number of nitrogens with zero attached hydrogens (tertiary/aromatic N) is 2. The Bertz CT molecular complexity index is 446. The molecular formula is C17H27N3. The molecule has 0 atom stereocenters. The lowest BCUT2D eigenvalue weighted by atomic mass is 10.1. The average Bonchev–Trinajstić information content (AvgIpc) is 2.44. The highest BCUT2D eigenvalue weighted by Crippen LogP contribution is 2.15. The van der Waals surface area contributed by atoms with Gasteiger partial charge >= 0.3 is 0 Å². The molecule has 1 aromatic heterocycles. The molecule has 1 aromatic rings. The van der Waals surface area contributed by atoms with Crippen molar-refractivity contribution in [3.63, 3.8) is 0 Å². The lowest BCUT2D eigenvalue weighted by Crippen LogP contribution is -2.25. The van der Waals surface area contributed by atoms with Gasteiger partial charge in [-0.3, -0.25) is 0 Å². The highest BCUT2D eigenvalue weighted by atomic mass is 15.2. The van der Waals surface area contributed by atoms with E-state index in [1.807, 2.05) is 0 Å². The monoisotopic (exact) mass is 273 g/mol. The number of rotatable bonds is 8. The third-order valence-electron chi connectivity index (χ3n) is 3.16. The van der Waals surface area contributed by atoms with Gasteiger partial charge in [0.2, 0.25) is 0 Å². The van der Waals surface area contributed by atoms with E-state index in [9.17, 15) is 0 Å². The fourth-order valence-electron chi connectivity index (χ4n) is 2.05. The van der Waals surface area contributed by atoms with Crippen LogP contribution in [0.25, 0.3) is 0 Å². The predicted molar refractivity (Wildman–Crippen MR) is 86.9 cm³/mol. The second-order valence-corrected chi connectivity index (χ2v) is 5.42. The number of nitrogens with one attached hydrogen (secondary N) is 1. The van der Waals surface area contributed by atoms with Gasteiger partial charge in [-0.15, -0.1) is 6.42 Å². The number of anilines is 1. The number of aryl methyl sites for hydroxylation is 1. The molecular weight excluding hydrogens is 246 g/mol. The molecule has 3 nitrogen and oxygen atoms in total. The summed E-state index contributed by atoms with van der Waals surface area (Å²) in [6.07, 6.45) is 6.38. The normalized spacial score (nSPS) is 10.6. The van der Waals surface area contributed by atoms with Crippen molar-refractivity contribution >= 4 is 5.82 Å². The molecule has 1 rings (SSSR count). The highest BCUT2D eigenvalue weighted by Gasteiger charge is 2.08. The predicted octanol–water partition coefficient (Wildman–Crippen LogP) is 2.85. The molecule has 3 heteroatoms. The molecule has 0 unspecified atom stereocenters. The molecule has 0 saturated carbocycles. The van der Waals surface area contributed by atoms with Gasteiger partial charge in [-0.05, 0) is 43.5 Å². The Labute approximate surface area is 123 Å². The second-order valence-electron chi connectivity index (χ2n) is 5.42. The third kappa shape index (κ3) is 5.22. The van der Waals surface area contributed by atoms with Crippen LogP contribution in [0.4, 0.5) is 5.82 Å². The Kier molecular flexibility index (Phi) is 7.11. The molecule has 0 aliphatic heterocycles. The van der Waals surface area contributed by atoms with Crippen LogP contribution >= 0.6 is 0 Å². The third-order valence-corrected chi connectivity index (χ3v) is 3.16. The number of pyridine rings is 1. The van der Waals surface area contributed by atoms with E-state index in [2.05, 4.69) is 60.9 Å². The lowest BCUT2D eigenvalue weighted by Gasteiger charge is -2.21. The molecule has 0 bridgehead atoms. The molecule has 0 spiro atoms. The molecule has 1 heterocycles. The molecule has 0 amide bonds. The van der Waals surface area contributed by atoms with Crippen molar-refractivity contribution in [1.82, 2.24) is 10.3 Å². The second kappa shape index (κ2) is 8.60. The standard InChI is InChI=1S/C17H27N3/c1-6-9-20(8-3)17-11-15(10-16(7-2)19-17)13-18-12-14(4)5/h1,10-11,14,18H,7-9,12-13H2,2-5H3. The molecule has 0 fully saturated rings. The van der Waals surface area contributed by atoms with Crippen LogP contribution in [0.3, 0.4) is 0 Å². The fourth-order valence-corrected chi connectivity index (χ4v) is 2.05. The summed E-state index contributed by atoms with van der Waals surface area (Å²) in [6.45, 7) is 12.1. The fraction of sp³-hybridized carbons (Fsp3) is 0.588. The molecule has 20 heavy (non-hydrogen) atoms. The Morgan fingerprint density at radius 2 is 2.10 bits per heavy atom. The zero-order valence-corrected chi connectivity index (χ0v) is 13.2. The van der Waals surface area contributed by atoms with Gasteiger partial charge in [-0.1, -0.05) is 26.7 Å². The summed E-state index contributed by atoms with van der Waals surface area (Å²) in [5.41, 5.74) is 2.40. The maximum atomic E-state index is 5.43. The van der Waals surface area contributed by atoms with Gasteiger partial charge in [0.25, 0.3) is 0 Å². The van der Waals surface area contributed by atoms with Crippen molar-refractivity contribution in [1.29, 1.82) is 0 Å². The summed E-state index contributed by atoms with van der Waals surface area (Å²) >= 11 is 0. The Morgan fingerprint density at radius 3 is 2.65 bits per heavy atom. The topological polar surface area (TPSA) is 28.2 Å². The van der Waals surface area contributed by atoms with Gasteiger partial charge in [0, 0.05) is 18.8 Å². The van der Waals surface area contributed by atoms with E-state index in [0.29, 0.717) is 12.5 Å². The van der Waals surface area contributed by atoms with Crippen LogP contribution in [0.5, 0.6) is 0 Å². The van der Waals surface area contributed by atoms with Crippen molar-refractivity contribution in [2.75, 3.05) is 24.5 Å². The van der Waals surface area contributed by atoms with E-state index in [-0.39, 0.29) is 0 Å². The van der Waals surface area contributed by atoms with Crippen molar-refractivity contribution in [2.45, 2.75) is 40.7 Å². The summed E-state index contributed by atoms with van der Waals surface area (Å²) in [4.78, 5) is 6.82. The average molecular weight is 273 g/mol. The van der Waals surface area contributed by atoms with Gasteiger partial charge in [0.1, 0.15) is 5.82 Å². The van der Waals surface area contributed by atoms with Gasteiger partial charge in [0.15, 0.2) is 0 Å². The van der Waals surface area contributed by atoms with Crippen LogP contribution in [0.1, 0.15) is 39.0 Å². The Balaban J connectivity index is 2.87. The number of hydrogen-bond donors (Lipinski definition) is 1. The molecule has 0 aromatic carbocycles. The molecule has 0 saturated heterocycles. The minimum atomic E-state index is 0.607. The van der Waals surface area contributed by atoms with E-state index in [1.54, 1.807) is 0 Å². The number of hydrogen-bond acceptors (Lipinski definition) is 3. The first-order chi connectivity index (χ1) is 9.60. The molecule has 110 valence electrons. The summed E-state index contributed by atoms with van der Waals surface area (Å²) in [7, 11) is 0. The Morgan fingerprint density at radius 1 is 1.35 bits per heavy atom. The van der Waals surface area contributed by atoms with E-state index < -0.39 is 0 Å². The quantitative estimate of drug-likeness (QED) is 0.738. The van der Waals surface area contributed by atoms with Crippen molar-refractivity contribution < 1.29 is 0 Å². The number of terminal acetylenes is 1. The van der Waals surface area contributed by atoms with E-state index in [4.69, 9.17) is 6.42 Å². The van der Waals surface area contributed by atoms with Crippen molar-refractivity contribution in [3.05, 3.63) is 23.4 Å². The largest absolute Gasteiger partial charge is 0.346 e. The maximum absolute atomic E-state index is 5.43. The SMILES string of the molecule is C#CCN(CC)c1cc(CNCC(C)C)cc(CC)n1. The number of aromatic nitrogens is 1. The van der Waals surface area contributed by atoms with Crippen molar-refractivity contribution in [2.24, 2.45) is 5.92 Å². The first kappa shape index (κ1) is 16.5. The van der Waals surface area contributed by atoms with E-state index in [1.165, 1.54) is 5.56 Å². The summed E-state index contributed by atoms with van der Waals surface area (Å²) in [5, 5.41) is 3.48. The van der Waals surface area contributed by atoms with Crippen LogP contribution in [0.15, 0.2) is 12.1 Å². The summed E-state index contributed by atoms with van der Waals surface area (Å²) in [6, 6.07) is 4.33. The van der Waals surface area contributed by atoms with Crippen LogP contribution in [-0.2, 0) is 13.0 Å².